The smallest absolute Gasteiger partial charge is 0.306 e. The molecular weight excluding hydrogens is 128 g/mol. The summed E-state index contributed by atoms with van der Waals surface area (Å²) >= 11 is 0. The molecule has 3 nitrogen and oxygen atoms in total. The van der Waals surface area contributed by atoms with Crippen LogP contribution >= 0.6 is 0 Å². The Hall–Kier alpha value is -0.590. The molecule has 1 heterocycles. The lowest BCUT2D eigenvalue weighted by molar-refractivity contribution is -0.0346. The second-order valence-corrected chi connectivity index (χ2v) is 2.44. The van der Waals surface area contributed by atoms with Gasteiger partial charge in [0.2, 0.25) is 0 Å². The average molecular weight is 140 g/mol. The molecular formula is C7H12N2O. The number of rotatable bonds is 1. The number of nitrogens with one attached hydrogen (secondary N) is 1. The van der Waals surface area contributed by atoms with Crippen LogP contribution in [0.25, 0.3) is 4.85 Å². The first-order valence-corrected chi connectivity index (χ1v) is 3.56. The topological polar surface area (TPSA) is 25.6 Å². The zero-order valence-corrected chi connectivity index (χ0v) is 6.18. The SMILES string of the molecule is [C-]#[N+]C1(CC)CNCCO1. The molecule has 0 aliphatic carbocycles. The van der Waals surface area contributed by atoms with Crippen molar-refractivity contribution in [2.24, 2.45) is 0 Å². The predicted octanol–water partition coefficient (Wildman–Crippen LogP) is 0.632. The molecule has 1 rings (SSSR count). The van der Waals surface area contributed by atoms with Gasteiger partial charge in [-0.05, 0) is 0 Å². The Kier molecular flexibility index (Phi) is 2.25. The first kappa shape index (κ1) is 7.52. The van der Waals surface area contributed by atoms with Crippen LogP contribution in [0.3, 0.4) is 0 Å². The molecule has 0 aromatic rings. The lowest BCUT2D eigenvalue weighted by Gasteiger charge is -2.25. The second-order valence-electron chi connectivity index (χ2n) is 2.44. The maximum Gasteiger partial charge on any atom is 0.349 e. The molecule has 1 unspecified atom stereocenters. The largest absolute Gasteiger partial charge is 0.349 e. The van der Waals surface area contributed by atoms with Crippen LogP contribution in [0.4, 0.5) is 0 Å². The summed E-state index contributed by atoms with van der Waals surface area (Å²) < 4.78 is 5.35. The van der Waals surface area contributed by atoms with Crippen molar-refractivity contribution >= 4 is 0 Å². The molecule has 1 aliphatic rings. The Bertz CT molecular complexity index is 144. The van der Waals surface area contributed by atoms with Crippen LogP contribution in [0, 0.1) is 6.57 Å². The van der Waals surface area contributed by atoms with Crippen molar-refractivity contribution in [1.29, 1.82) is 0 Å². The summed E-state index contributed by atoms with van der Waals surface area (Å²) in [6.07, 6.45) is 0.767. The highest BCUT2D eigenvalue weighted by Gasteiger charge is 2.37. The minimum Gasteiger partial charge on any atom is -0.306 e. The van der Waals surface area contributed by atoms with E-state index in [-0.39, 0.29) is 0 Å². The molecule has 0 saturated carbocycles. The van der Waals surface area contributed by atoms with Crippen molar-refractivity contribution in [3.8, 4) is 0 Å². The van der Waals surface area contributed by atoms with E-state index in [0.29, 0.717) is 13.2 Å². The van der Waals surface area contributed by atoms with Crippen LogP contribution < -0.4 is 5.32 Å². The van der Waals surface area contributed by atoms with Gasteiger partial charge in [-0.1, -0.05) is 6.92 Å². The monoisotopic (exact) mass is 140 g/mol. The molecule has 0 radical (unpaired) electrons. The number of hydrogen-bond acceptors (Lipinski definition) is 2. The minimum absolute atomic E-state index is 0.557. The molecule has 0 bridgehead atoms. The number of morpholine rings is 1. The molecule has 1 saturated heterocycles. The van der Waals surface area contributed by atoms with Crippen LogP contribution in [-0.4, -0.2) is 25.4 Å². The van der Waals surface area contributed by atoms with Crippen molar-refractivity contribution in [3.05, 3.63) is 11.4 Å². The maximum atomic E-state index is 6.91. The van der Waals surface area contributed by atoms with E-state index in [9.17, 15) is 0 Å². The summed E-state index contributed by atoms with van der Waals surface area (Å²) in [6.45, 7) is 11.1. The van der Waals surface area contributed by atoms with Crippen molar-refractivity contribution in [2.45, 2.75) is 19.1 Å². The summed E-state index contributed by atoms with van der Waals surface area (Å²) in [6, 6.07) is 0. The third kappa shape index (κ3) is 1.28. The molecule has 1 N–H and O–H groups in total. The van der Waals surface area contributed by atoms with E-state index < -0.39 is 5.72 Å². The van der Waals surface area contributed by atoms with Gasteiger partial charge in [-0.2, -0.15) is 0 Å². The second kappa shape index (κ2) is 3.00. The number of nitrogens with zero attached hydrogens (tertiary/aromatic N) is 1. The highest BCUT2D eigenvalue weighted by Crippen LogP contribution is 2.18. The Balaban J connectivity index is 2.55. The molecule has 10 heavy (non-hydrogen) atoms. The fraction of sp³-hybridized carbons (Fsp3) is 0.857. The van der Waals surface area contributed by atoms with E-state index >= 15 is 0 Å². The van der Waals surface area contributed by atoms with Crippen molar-refractivity contribution < 1.29 is 4.74 Å². The van der Waals surface area contributed by atoms with Gasteiger partial charge in [-0.3, -0.25) is 4.85 Å². The summed E-state index contributed by atoms with van der Waals surface area (Å²) in [5.41, 5.74) is -0.557. The fourth-order valence-electron chi connectivity index (χ4n) is 1.03. The lowest BCUT2D eigenvalue weighted by atomic mass is 10.1. The highest BCUT2D eigenvalue weighted by molar-refractivity contribution is 4.92. The number of hydrogen-bond donors (Lipinski definition) is 1. The lowest BCUT2D eigenvalue weighted by Crippen LogP contribution is -2.46. The minimum atomic E-state index is -0.557. The molecule has 0 amide bonds. The van der Waals surface area contributed by atoms with E-state index in [1.54, 1.807) is 0 Å². The first-order valence-electron chi connectivity index (χ1n) is 3.56. The fourth-order valence-corrected chi connectivity index (χ4v) is 1.03. The van der Waals surface area contributed by atoms with E-state index in [0.717, 1.165) is 13.0 Å². The quantitative estimate of drug-likeness (QED) is 0.540. The maximum absolute atomic E-state index is 6.91. The van der Waals surface area contributed by atoms with Crippen molar-refractivity contribution in [3.63, 3.8) is 0 Å². The predicted molar refractivity (Wildman–Crippen MR) is 38.4 cm³/mol. The van der Waals surface area contributed by atoms with Gasteiger partial charge in [0.05, 0.1) is 13.0 Å². The van der Waals surface area contributed by atoms with Crippen LogP contribution in [-0.2, 0) is 4.74 Å². The number of ether oxygens (including phenoxy) is 1. The van der Waals surface area contributed by atoms with Gasteiger partial charge < -0.3 is 10.1 Å². The summed E-state index contributed by atoms with van der Waals surface area (Å²) in [4.78, 5) is 3.46. The van der Waals surface area contributed by atoms with Crippen LogP contribution in [0.15, 0.2) is 0 Å². The molecule has 0 aromatic carbocycles. The molecule has 1 fully saturated rings. The van der Waals surface area contributed by atoms with Crippen LogP contribution in [0.5, 0.6) is 0 Å². The van der Waals surface area contributed by atoms with E-state index in [4.69, 9.17) is 11.3 Å². The molecule has 3 heteroatoms. The third-order valence-electron chi connectivity index (χ3n) is 1.81. The summed E-state index contributed by atoms with van der Waals surface area (Å²) in [7, 11) is 0. The van der Waals surface area contributed by atoms with Gasteiger partial charge in [0.25, 0.3) is 0 Å². The van der Waals surface area contributed by atoms with Gasteiger partial charge in [-0.25, -0.2) is 6.57 Å². The third-order valence-corrected chi connectivity index (χ3v) is 1.81. The average Bonchev–Trinajstić information content (AvgIpc) is 2.06. The molecule has 56 valence electrons. The molecule has 1 atom stereocenters. The normalized spacial score (nSPS) is 33.2. The summed E-state index contributed by atoms with van der Waals surface area (Å²) in [5, 5.41) is 3.14. The Morgan fingerprint density at radius 3 is 2.90 bits per heavy atom. The standard InChI is InChI=1S/C7H12N2O/c1-3-7(8-2)6-9-4-5-10-7/h9H,3-6H2,1H3. The first-order chi connectivity index (χ1) is 4.83. The van der Waals surface area contributed by atoms with Gasteiger partial charge in [-0.15, -0.1) is 0 Å². The van der Waals surface area contributed by atoms with Gasteiger partial charge >= 0.3 is 5.72 Å². The van der Waals surface area contributed by atoms with Crippen molar-refractivity contribution in [2.75, 3.05) is 19.7 Å². The van der Waals surface area contributed by atoms with Crippen LogP contribution in [0.1, 0.15) is 13.3 Å². The van der Waals surface area contributed by atoms with Gasteiger partial charge in [0.1, 0.15) is 6.54 Å². The Morgan fingerprint density at radius 2 is 2.60 bits per heavy atom. The Morgan fingerprint density at radius 1 is 1.80 bits per heavy atom. The zero-order valence-electron chi connectivity index (χ0n) is 6.18. The van der Waals surface area contributed by atoms with Crippen LogP contribution in [0.2, 0.25) is 0 Å². The molecule has 1 aliphatic heterocycles. The molecule has 0 spiro atoms. The van der Waals surface area contributed by atoms with E-state index in [2.05, 4.69) is 10.2 Å². The van der Waals surface area contributed by atoms with Crippen molar-refractivity contribution in [1.82, 2.24) is 5.32 Å². The van der Waals surface area contributed by atoms with E-state index in [1.165, 1.54) is 0 Å². The Labute approximate surface area is 61.2 Å². The molecule has 0 aromatic heterocycles. The zero-order chi connectivity index (χ0) is 7.45. The summed E-state index contributed by atoms with van der Waals surface area (Å²) in [5.74, 6) is 0. The van der Waals surface area contributed by atoms with Gasteiger partial charge in [0, 0.05) is 6.54 Å². The highest BCUT2D eigenvalue weighted by atomic mass is 16.5. The van der Waals surface area contributed by atoms with E-state index in [1.807, 2.05) is 6.92 Å². The van der Waals surface area contributed by atoms with Gasteiger partial charge in [0.15, 0.2) is 0 Å².